The molecule has 0 fully saturated rings. The fourth-order valence-corrected chi connectivity index (χ4v) is 3.79. The number of nitrogens with zero attached hydrogens (tertiary/aromatic N) is 1. The Kier molecular flexibility index (Phi) is 4.00. The van der Waals surface area contributed by atoms with Gasteiger partial charge in [-0.25, -0.2) is 4.98 Å². The van der Waals surface area contributed by atoms with Crippen LogP contribution in [0.3, 0.4) is 0 Å². The van der Waals surface area contributed by atoms with E-state index in [4.69, 9.17) is 5.73 Å². The lowest BCUT2D eigenvalue weighted by molar-refractivity contribution is -0.117. The summed E-state index contributed by atoms with van der Waals surface area (Å²) in [6, 6.07) is 9.70. The minimum atomic E-state index is -0.450. The minimum Gasteiger partial charge on any atom is -0.369 e. The summed E-state index contributed by atoms with van der Waals surface area (Å²) in [5, 5.41) is 2.46. The Hall–Kier alpha value is -2.12. The summed E-state index contributed by atoms with van der Waals surface area (Å²) in [4.78, 5) is 31.3. The van der Waals surface area contributed by atoms with Crippen LogP contribution in [0.15, 0.2) is 45.7 Å². The van der Waals surface area contributed by atoms with Gasteiger partial charge in [-0.05, 0) is 12.5 Å². The van der Waals surface area contributed by atoms with Crippen molar-refractivity contribution in [2.45, 2.75) is 17.3 Å². The number of thioether (sulfide) groups is 1. The van der Waals surface area contributed by atoms with Crippen LogP contribution in [-0.4, -0.2) is 21.1 Å². The van der Waals surface area contributed by atoms with Crippen LogP contribution >= 0.6 is 23.1 Å². The van der Waals surface area contributed by atoms with Crippen LogP contribution in [0.2, 0.25) is 0 Å². The Balaban J connectivity index is 2.07. The Morgan fingerprint density at radius 1 is 1.36 bits per heavy atom. The Morgan fingerprint density at radius 2 is 2.09 bits per heavy atom. The number of fused-ring (bicyclic) bond motifs is 1. The number of hydrogen-bond donors (Lipinski definition) is 2. The second-order valence-corrected chi connectivity index (χ2v) is 6.92. The largest absolute Gasteiger partial charge is 0.369 e. The topological polar surface area (TPSA) is 88.8 Å². The predicted octanol–water partition coefficient (Wildman–Crippen LogP) is 2.62. The lowest BCUT2D eigenvalue weighted by Crippen LogP contribution is -2.23. The highest BCUT2D eigenvalue weighted by molar-refractivity contribution is 8.00. The highest BCUT2D eigenvalue weighted by Gasteiger charge is 2.16. The first-order valence-electron chi connectivity index (χ1n) is 6.59. The fraction of sp³-hybridized carbons (Fsp3) is 0.133. The van der Waals surface area contributed by atoms with E-state index in [2.05, 4.69) is 9.97 Å². The fourth-order valence-electron chi connectivity index (χ4n) is 2.04. The molecule has 0 bridgehead atoms. The summed E-state index contributed by atoms with van der Waals surface area (Å²) in [7, 11) is 0. The van der Waals surface area contributed by atoms with Crippen LogP contribution in [0.5, 0.6) is 0 Å². The number of nitrogens with two attached hydrogens (primary N) is 1. The summed E-state index contributed by atoms with van der Waals surface area (Å²) in [6.07, 6.45) is 0. The highest BCUT2D eigenvalue weighted by Crippen LogP contribution is 2.31. The lowest BCUT2D eigenvalue weighted by atomic mass is 10.1. The van der Waals surface area contributed by atoms with Gasteiger partial charge >= 0.3 is 0 Å². The number of carbonyl (C=O) groups is 1. The van der Waals surface area contributed by atoms with Crippen molar-refractivity contribution >= 4 is 39.2 Å². The van der Waals surface area contributed by atoms with E-state index in [1.807, 2.05) is 35.7 Å². The molecule has 3 N–H and O–H groups in total. The molecule has 0 saturated carbocycles. The molecular formula is C15H13N3O2S2. The number of carbonyl (C=O) groups excluding carboxylic acids is 1. The average Bonchev–Trinajstić information content (AvgIpc) is 2.92. The van der Waals surface area contributed by atoms with E-state index in [1.54, 1.807) is 6.92 Å². The number of hydrogen-bond acceptors (Lipinski definition) is 5. The van der Waals surface area contributed by atoms with Crippen LogP contribution in [0, 0.1) is 0 Å². The predicted molar refractivity (Wildman–Crippen MR) is 90.2 cm³/mol. The summed E-state index contributed by atoms with van der Waals surface area (Å²) < 4.78 is 0. The molecule has 2 heterocycles. The van der Waals surface area contributed by atoms with Crippen molar-refractivity contribution in [3.63, 3.8) is 0 Å². The molecule has 5 nitrogen and oxygen atoms in total. The number of thiophene rings is 1. The van der Waals surface area contributed by atoms with E-state index >= 15 is 0 Å². The van der Waals surface area contributed by atoms with Gasteiger partial charge in [0.05, 0.1) is 10.6 Å². The number of benzene rings is 1. The highest BCUT2D eigenvalue weighted by atomic mass is 32.2. The molecule has 2 aromatic heterocycles. The molecule has 0 radical (unpaired) electrons. The van der Waals surface area contributed by atoms with Crippen LogP contribution in [0.1, 0.15) is 6.92 Å². The van der Waals surface area contributed by atoms with E-state index in [1.165, 1.54) is 11.3 Å². The molecule has 3 aromatic rings. The SMILES string of the molecule is CC(Sc1nc2scc(-c3ccccc3)c2c(=O)[nH]1)C(N)=O. The first-order valence-corrected chi connectivity index (χ1v) is 8.35. The monoisotopic (exact) mass is 331 g/mol. The number of amides is 1. The van der Waals surface area contributed by atoms with Crippen molar-refractivity contribution in [1.82, 2.24) is 9.97 Å². The van der Waals surface area contributed by atoms with Gasteiger partial charge in [0.2, 0.25) is 5.91 Å². The molecular weight excluding hydrogens is 318 g/mol. The summed E-state index contributed by atoms with van der Waals surface area (Å²) in [6.45, 7) is 1.68. The number of aromatic amines is 1. The summed E-state index contributed by atoms with van der Waals surface area (Å²) in [5.41, 5.74) is 6.88. The van der Waals surface area contributed by atoms with E-state index in [0.29, 0.717) is 15.4 Å². The summed E-state index contributed by atoms with van der Waals surface area (Å²) >= 11 is 2.56. The number of nitrogens with one attached hydrogen (secondary N) is 1. The standard InChI is InChI=1S/C15H13N3O2S2/c1-8(12(16)19)22-15-17-13(20)11-10(7-21-14(11)18-15)9-5-3-2-4-6-9/h2-8H,1H3,(H2,16,19)(H,17,18,20). The molecule has 0 spiro atoms. The van der Waals surface area contributed by atoms with E-state index in [9.17, 15) is 9.59 Å². The van der Waals surface area contributed by atoms with Crippen LogP contribution in [0.25, 0.3) is 21.3 Å². The molecule has 1 atom stereocenters. The van der Waals surface area contributed by atoms with Gasteiger partial charge in [-0.1, -0.05) is 42.1 Å². The number of primary amides is 1. The molecule has 1 amide bonds. The molecule has 3 rings (SSSR count). The zero-order valence-electron chi connectivity index (χ0n) is 11.7. The first kappa shape index (κ1) is 14.8. The molecule has 0 aliphatic carbocycles. The van der Waals surface area contributed by atoms with Crippen molar-refractivity contribution in [2.24, 2.45) is 5.73 Å². The van der Waals surface area contributed by atoms with Gasteiger partial charge in [-0.15, -0.1) is 11.3 Å². The molecule has 7 heteroatoms. The number of aromatic nitrogens is 2. The van der Waals surface area contributed by atoms with Crippen LogP contribution in [-0.2, 0) is 4.79 Å². The average molecular weight is 331 g/mol. The van der Waals surface area contributed by atoms with E-state index < -0.39 is 11.2 Å². The maximum Gasteiger partial charge on any atom is 0.260 e. The van der Waals surface area contributed by atoms with Crippen molar-refractivity contribution in [3.8, 4) is 11.1 Å². The van der Waals surface area contributed by atoms with E-state index in [0.717, 1.165) is 22.9 Å². The van der Waals surface area contributed by atoms with Crippen LogP contribution in [0.4, 0.5) is 0 Å². The molecule has 0 aliphatic heterocycles. The second-order valence-electron chi connectivity index (χ2n) is 4.73. The van der Waals surface area contributed by atoms with Gasteiger partial charge in [0.25, 0.3) is 5.56 Å². The second kappa shape index (κ2) is 5.94. The normalized spacial score (nSPS) is 12.4. The van der Waals surface area contributed by atoms with Gasteiger partial charge in [0.1, 0.15) is 4.83 Å². The molecule has 1 unspecified atom stereocenters. The van der Waals surface area contributed by atoms with E-state index in [-0.39, 0.29) is 5.56 Å². The molecule has 22 heavy (non-hydrogen) atoms. The Bertz CT molecular complexity index is 887. The third-order valence-corrected chi connectivity index (χ3v) is 5.07. The van der Waals surface area contributed by atoms with Gasteiger partial charge in [-0.2, -0.15) is 0 Å². The molecule has 0 aliphatic rings. The number of rotatable bonds is 4. The van der Waals surface area contributed by atoms with Crippen molar-refractivity contribution in [3.05, 3.63) is 46.1 Å². The number of H-pyrrole nitrogens is 1. The zero-order valence-corrected chi connectivity index (χ0v) is 13.3. The quantitative estimate of drug-likeness (QED) is 0.568. The summed E-state index contributed by atoms with van der Waals surface area (Å²) in [5.74, 6) is -0.441. The van der Waals surface area contributed by atoms with Crippen molar-refractivity contribution < 1.29 is 4.79 Å². The molecule has 1 aromatic carbocycles. The molecule has 112 valence electrons. The zero-order chi connectivity index (χ0) is 15.7. The van der Waals surface area contributed by atoms with Gasteiger partial charge in [0.15, 0.2) is 5.16 Å². The van der Waals surface area contributed by atoms with Gasteiger partial charge < -0.3 is 10.7 Å². The Labute approximate surface area is 134 Å². The minimum absolute atomic E-state index is 0.204. The first-order chi connectivity index (χ1) is 10.6. The van der Waals surface area contributed by atoms with Gasteiger partial charge in [0, 0.05) is 10.9 Å². The van der Waals surface area contributed by atoms with Crippen molar-refractivity contribution in [1.29, 1.82) is 0 Å². The van der Waals surface area contributed by atoms with Crippen LogP contribution < -0.4 is 11.3 Å². The maximum atomic E-state index is 12.4. The third-order valence-electron chi connectivity index (χ3n) is 3.20. The third kappa shape index (κ3) is 2.77. The maximum absolute atomic E-state index is 12.4. The van der Waals surface area contributed by atoms with Crippen molar-refractivity contribution in [2.75, 3.05) is 0 Å². The smallest absolute Gasteiger partial charge is 0.260 e. The Morgan fingerprint density at radius 3 is 2.77 bits per heavy atom. The lowest BCUT2D eigenvalue weighted by Gasteiger charge is -2.05. The van der Waals surface area contributed by atoms with Gasteiger partial charge in [-0.3, -0.25) is 9.59 Å². The molecule has 0 saturated heterocycles.